The maximum absolute atomic E-state index is 13.2. The number of aryl methyl sites for hydroxylation is 1. The fraction of sp³-hybridized carbons (Fsp3) is 0.192. The number of carbonyl (C=O) groups is 2. The number of nitrogens with zero attached hydrogens (tertiary/aromatic N) is 2. The molecule has 5 rings (SSSR count). The summed E-state index contributed by atoms with van der Waals surface area (Å²) in [6.07, 6.45) is 2.00. The van der Waals surface area contributed by atoms with Crippen molar-refractivity contribution >= 4 is 28.9 Å². The predicted octanol–water partition coefficient (Wildman–Crippen LogP) is 4.35. The van der Waals surface area contributed by atoms with Gasteiger partial charge in [-0.3, -0.25) is 14.6 Å². The number of benzene rings is 3. The highest BCUT2D eigenvalue weighted by atomic mass is 16.2. The Morgan fingerprint density at radius 1 is 0.968 bits per heavy atom. The molecule has 2 amide bonds. The molecule has 5 nitrogen and oxygen atoms in total. The molecule has 1 atom stereocenters. The summed E-state index contributed by atoms with van der Waals surface area (Å²) in [5, 5.41) is 3.13. The third-order valence-corrected chi connectivity index (χ3v) is 5.92. The number of nitrogens with one attached hydrogen (secondary N) is 1. The van der Waals surface area contributed by atoms with E-state index in [9.17, 15) is 9.59 Å². The lowest BCUT2D eigenvalue weighted by molar-refractivity contribution is -0.123. The van der Waals surface area contributed by atoms with E-state index in [0.717, 1.165) is 18.4 Å². The number of anilines is 1. The van der Waals surface area contributed by atoms with E-state index in [1.165, 1.54) is 11.1 Å². The van der Waals surface area contributed by atoms with Crippen molar-refractivity contribution in [1.82, 2.24) is 5.32 Å². The summed E-state index contributed by atoms with van der Waals surface area (Å²) in [4.78, 5) is 32.5. The van der Waals surface area contributed by atoms with Gasteiger partial charge >= 0.3 is 0 Å². The van der Waals surface area contributed by atoms with Crippen LogP contribution in [-0.2, 0) is 16.0 Å². The van der Waals surface area contributed by atoms with E-state index in [0.29, 0.717) is 17.1 Å². The van der Waals surface area contributed by atoms with Gasteiger partial charge in [0, 0.05) is 0 Å². The maximum atomic E-state index is 13.2. The van der Waals surface area contributed by atoms with Crippen LogP contribution in [0.3, 0.4) is 0 Å². The molecule has 31 heavy (non-hydrogen) atoms. The zero-order valence-corrected chi connectivity index (χ0v) is 17.1. The van der Waals surface area contributed by atoms with E-state index < -0.39 is 0 Å². The molecule has 0 aromatic heterocycles. The van der Waals surface area contributed by atoms with Gasteiger partial charge in [0.05, 0.1) is 29.5 Å². The number of amides is 2. The first-order chi connectivity index (χ1) is 15.2. The smallest absolute Gasteiger partial charge is 0.240 e. The Kier molecular flexibility index (Phi) is 5.08. The summed E-state index contributed by atoms with van der Waals surface area (Å²) in [5.74, 6) is -0.289. The molecule has 0 saturated heterocycles. The number of hydrogen-bond donors (Lipinski definition) is 1. The largest absolute Gasteiger partial charge is 0.348 e. The SMILES string of the molecule is O=C(CN1C(=O)CC(c2ccccc2)=Nc2ccccc21)N[C@@H]1CCc2ccccc21. The van der Waals surface area contributed by atoms with Crippen molar-refractivity contribution in [3.05, 3.63) is 95.6 Å². The molecule has 1 aliphatic carbocycles. The van der Waals surface area contributed by atoms with Gasteiger partial charge in [-0.2, -0.15) is 0 Å². The Morgan fingerprint density at radius 3 is 2.58 bits per heavy atom. The lowest BCUT2D eigenvalue weighted by Gasteiger charge is -2.23. The normalized spacial score (nSPS) is 17.4. The van der Waals surface area contributed by atoms with Crippen molar-refractivity contribution in [1.29, 1.82) is 0 Å². The van der Waals surface area contributed by atoms with E-state index in [4.69, 9.17) is 4.99 Å². The van der Waals surface area contributed by atoms with Crippen molar-refractivity contribution in [2.24, 2.45) is 4.99 Å². The van der Waals surface area contributed by atoms with Crippen LogP contribution in [-0.4, -0.2) is 24.1 Å². The van der Waals surface area contributed by atoms with E-state index in [1.54, 1.807) is 4.90 Å². The van der Waals surface area contributed by atoms with Crippen molar-refractivity contribution in [3.8, 4) is 0 Å². The van der Waals surface area contributed by atoms with Crippen molar-refractivity contribution in [2.75, 3.05) is 11.4 Å². The highest BCUT2D eigenvalue weighted by Crippen LogP contribution is 2.33. The second kappa shape index (κ2) is 8.19. The molecule has 154 valence electrons. The molecule has 1 aliphatic heterocycles. The van der Waals surface area contributed by atoms with Crippen LogP contribution >= 0.6 is 0 Å². The van der Waals surface area contributed by atoms with Crippen LogP contribution in [0.4, 0.5) is 11.4 Å². The number of fused-ring (bicyclic) bond motifs is 2. The number of hydrogen-bond acceptors (Lipinski definition) is 3. The van der Waals surface area contributed by atoms with E-state index >= 15 is 0 Å². The van der Waals surface area contributed by atoms with Gasteiger partial charge in [0.15, 0.2) is 0 Å². The molecule has 1 heterocycles. The molecule has 1 N–H and O–H groups in total. The first kappa shape index (κ1) is 19.2. The van der Waals surface area contributed by atoms with Gasteiger partial charge in [-0.1, -0.05) is 66.7 Å². The monoisotopic (exact) mass is 409 g/mol. The molecule has 0 radical (unpaired) electrons. The Bertz CT molecular complexity index is 1170. The Labute approximate surface area is 181 Å². The molecule has 0 unspecified atom stereocenters. The third kappa shape index (κ3) is 3.87. The van der Waals surface area contributed by atoms with Crippen LogP contribution in [0.15, 0.2) is 83.9 Å². The molecule has 5 heteroatoms. The molecule has 0 fully saturated rings. The molecule has 3 aromatic rings. The van der Waals surface area contributed by atoms with Gasteiger partial charge in [-0.15, -0.1) is 0 Å². The van der Waals surface area contributed by atoms with Crippen LogP contribution in [0.1, 0.15) is 35.6 Å². The molecule has 0 bridgehead atoms. The van der Waals surface area contributed by atoms with Crippen molar-refractivity contribution in [2.45, 2.75) is 25.3 Å². The molecule has 0 spiro atoms. The summed E-state index contributed by atoms with van der Waals surface area (Å²) in [5.41, 5.74) is 5.45. The average Bonchev–Trinajstić information content (AvgIpc) is 3.14. The fourth-order valence-corrected chi connectivity index (χ4v) is 4.41. The summed E-state index contributed by atoms with van der Waals surface area (Å²) >= 11 is 0. The van der Waals surface area contributed by atoms with E-state index in [1.807, 2.05) is 66.7 Å². The minimum Gasteiger partial charge on any atom is -0.348 e. The topological polar surface area (TPSA) is 61.8 Å². The average molecular weight is 409 g/mol. The summed E-state index contributed by atoms with van der Waals surface area (Å²) in [7, 11) is 0. The first-order valence-corrected chi connectivity index (χ1v) is 10.6. The lowest BCUT2D eigenvalue weighted by atomic mass is 10.1. The first-order valence-electron chi connectivity index (χ1n) is 10.6. The summed E-state index contributed by atoms with van der Waals surface area (Å²) < 4.78 is 0. The standard InChI is InChI=1S/C26H23N3O2/c30-25(28-21-15-14-18-8-4-5-11-20(18)21)17-29-24-13-7-6-12-22(24)27-23(16-26(29)31)19-9-2-1-3-10-19/h1-13,21H,14-17H2,(H,28,30)/t21-/m1/s1. The molecule has 0 saturated carbocycles. The predicted molar refractivity (Wildman–Crippen MR) is 122 cm³/mol. The van der Waals surface area contributed by atoms with Crippen LogP contribution in [0, 0.1) is 0 Å². The Morgan fingerprint density at radius 2 is 1.71 bits per heavy atom. The van der Waals surface area contributed by atoms with Crippen LogP contribution in [0.5, 0.6) is 0 Å². The number of rotatable bonds is 4. The van der Waals surface area contributed by atoms with Crippen LogP contribution in [0.25, 0.3) is 0 Å². The van der Waals surface area contributed by atoms with Crippen molar-refractivity contribution in [3.63, 3.8) is 0 Å². The Balaban J connectivity index is 1.38. The second-order valence-electron chi connectivity index (χ2n) is 7.93. The van der Waals surface area contributed by atoms with E-state index in [2.05, 4.69) is 17.4 Å². The lowest BCUT2D eigenvalue weighted by Crippen LogP contribution is -2.42. The minimum atomic E-state index is -0.159. The van der Waals surface area contributed by atoms with Gasteiger partial charge in [0.1, 0.15) is 6.54 Å². The quantitative estimate of drug-likeness (QED) is 0.696. The van der Waals surface area contributed by atoms with E-state index in [-0.39, 0.29) is 30.8 Å². The number of aliphatic imine (C=N–C) groups is 1. The van der Waals surface area contributed by atoms with Gasteiger partial charge < -0.3 is 10.2 Å². The van der Waals surface area contributed by atoms with Gasteiger partial charge in [-0.25, -0.2) is 0 Å². The number of para-hydroxylation sites is 2. The minimum absolute atomic E-state index is 0.00264. The second-order valence-corrected chi connectivity index (χ2v) is 7.93. The van der Waals surface area contributed by atoms with Crippen LogP contribution in [0.2, 0.25) is 0 Å². The zero-order chi connectivity index (χ0) is 21.2. The maximum Gasteiger partial charge on any atom is 0.240 e. The third-order valence-electron chi connectivity index (χ3n) is 5.92. The molecular weight excluding hydrogens is 386 g/mol. The molecule has 2 aliphatic rings. The van der Waals surface area contributed by atoms with Gasteiger partial charge in [0.2, 0.25) is 11.8 Å². The summed E-state index contributed by atoms with van der Waals surface area (Å²) in [6.45, 7) is -0.0217. The Hall–Kier alpha value is -3.73. The molecular formula is C26H23N3O2. The molecule has 3 aromatic carbocycles. The van der Waals surface area contributed by atoms with Crippen molar-refractivity contribution < 1.29 is 9.59 Å². The fourth-order valence-electron chi connectivity index (χ4n) is 4.41. The summed E-state index contributed by atoms with van der Waals surface area (Å²) in [6, 6.07) is 25.4. The number of carbonyl (C=O) groups excluding carboxylic acids is 2. The zero-order valence-electron chi connectivity index (χ0n) is 17.1. The van der Waals surface area contributed by atoms with Gasteiger partial charge in [-0.05, 0) is 41.7 Å². The van der Waals surface area contributed by atoms with Crippen LogP contribution < -0.4 is 10.2 Å². The highest BCUT2D eigenvalue weighted by molar-refractivity contribution is 6.18. The van der Waals surface area contributed by atoms with Gasteiger partial charge in [0.25, 0.3) is 0 Å². The highest BCUT2D eigenvalue weighted by Gasteiger charge is 2.29.